The van der Waals surface area contributed by atoms with E-state index in [0.29, 0.717) is 10.7 Å². The highest BCUT2D eigenvalue weighted by molar-refractivity contribution is 6.33. The van der Waals surface area contributed by atoms with E-state index in [1.807, 2.05) is 36.4 Å². The lowest BCUT2D eigenvalue weighted by Gasteiger charge is -2.09. The molecular formula is C14H14Cl2N2. The molecule has 0 aliphatic heterocycles. The average molecular weight is 281 g/mol. The van der Waals surface area contributed by atoms with E-state index in [9.17, 15) is 0 Å². The third-order valence-electron chi connectivity index (χ3n) is 2.64. The number of benzene rings is 2. The van der Waals surface area contributed by atoms with Gasteiger partial charge in [-0.25, -0.2) is 0 Å². The van der Waals surface area contributed by atoms with Crippen LogP contribution in [0.25, 0.3) is 0 Å². The average Bonchev–Trinajstić information content (AvgIpc) is 2.34. The maximum absolute atomic E-state index is 6.07. The SMILES string of the molecule is Nc1ccc(NCCc2ccc(Cl)cc2)c(Cl)c1. The zero-order valence-electron chi connectivity index (χ0n) is 9.79. The van der Waals surface area contributed by atoms with Crippen molar-refractivity contribution in [2.24, 2.45) is 0 Å². The van der Waals surface area contributed by atoms with Gasteiger partial charge in [-0.15, -0.1) is 0 Å². The maximum Gasteiger partial charge on any atom is 0.0657 e. The fourth-order valence-electron chi connectivity index (χ4n) is 1.67. The molecular weight excluding hydrogens is 267 g/mol. The second-order valence-corrected chi connectivity index (χ2v) is 4.89. The van der Waals surface area contributed by atoms with Gasteiger partial charge in [-0.05, 0) is 42.3 Å². The number of hydrogen-bond donors (Lipinski definition) is 2. The summed E-state index contributed by atoms with van der Waals surface area (Å²) in [7, 11) is 0. The van der Waals surface area contributed by atoms with Crippen molar-refractivity contribution < 1.29 is 0 Å². The fraction of sp³-hybridized carbons (Fsp3) is 0.143. The molecule has 0 spiro atoms. The Morgan fingerprint density at radius 3 is 2.39 bits per heavy atom. The van der Waals surface area contributed by atoms with E-state index in [0.717, 1.165) is 23.7 Å². The van der Waals surface area contributed by atoms with Crippen molar-refractivity contribution in [1.82, 2.24) is 0 Å². The number of nitrogens with two attached hydrogens (primary N) is 1. The summed E-state index contributed by atoms with van der Waals surface area (Å²) in [4.78, 5) is 0. The van der Waals surface area contributed by atoms with Crippen LogP contribution < -0.4 is 11.1 Å². The molecule has 2 aromatic carbocycles. The Bertz CT molecular complexity index is 524. The first-order valence-corrected chi connectivity index (χ1v) is 6.44. The van der Waals surface area contributed by atoms with Crippen LogP contribution in [0.5, 0.6) is 0 Å². The summed E-state index contributed by atoms with van der Waals surface area (Å²) in [6.07, 6.45) is 0.915. The summed E-state index contributed by atoms with van der Waals surface area (Å²) in [5.74, 6) is 0. The van der Waals surface area contributed by atoms with Crippen molar-refractivity contribution in [2.75, 3.05) is 17.6 Å². The van der Waals surface area contributed by atoms with E-state index >= 15 is 0 Å². The smallest absolute Gasteiger partial charge is 0.0657 e. The van der Waals surface area contributed by atoms with Crippen LogP contribution in [-0.4, -0.2) is 6.54 Å². The molecule has 0 aliphatic carbocycles. The third kappa shape index (κ3) is 3.56. The van der Waals surface area contributed by atoms with Gasteiger partial charge in [-0.1, -0.05) is 35.3 Å². The lowest BCUT2D eigenvalue weighted by atomic mass is 10.1. The lowest BCUT2D eigenvalue weighted by Crippen LogP contribution is -2.05. The third-order valence-corrected chi connectivity index (χ3v) is 3.20. The van der Waals surface area contributed by atoms with Gasteiger partial charge in [0.15, 0.2) is 0 Å². The maximum atomic E-state index is 6.07. The zero-order chi connectivity index (χ0) is 13.0. The molecule has 0 bridgehead atoms. The number of rotatable bonds is 4. The summed E-state index contributed by atoms with van der Waals surface area (Å²) in [5, 5.41) is 4.68. The van der Waals surface area contributed by atoms with Gasteiger partial charge < -0.3 is 11.1 Å². The Kier molecular flexibility index (Phi) is 4.34. The first-order chi connectivity index (χ1) is 8.65. The van der Waals surface area contributed by atoms with Crippen LogP contribution in [0.2, 0.25) is 10.0 Å². The molecule has 2 rings (SSSR count). The van der Waals surface area contributed by atoms with Crippen LogP contribution >= 0.6 is 23.2 Å². The molecule has 2 nitrogen and oxygen atoms in total. The van der Waals surface area contributed by atoms with Crippen molar-refractivity contribution in [1.29, 1.82) is 0 Å². The molecule has 0 atom stereocenters. The van der Waals surface area contributed by atoms with Crippen LogP contribution in [0, 0.1) is 0 Å². The van der Waals surface area contributed by atoms with E-state index in [-0.39, 0.29) is 0 Å². The Morgan fingerprint density at radius 2 is 1.72 bits per heavy atom. The van der Waals surface area contributed by atoms with Gasteiger partial charge in [0.2, 0.25) is 0 Å². The summed E-state index contributed by atoms with van der Waals surface area (Å²) in [6, 6.07) is 13.3. The van der Waals surface area contributed by atoms with E-state index < -0.39 is 0 Å². The minimum atomic E-state index is 0.645. The molecule has 4 heteroatoms. The zero-order valence-corrected chi connectivity index (χ0v) is 11.3. The Morgan fingerprint density at radius 1 is 1.00 bits per heavy atom. The highest BCUT2D eigenvalue weighted by Gasteiger charge is 2.00. The molecule has 0 heterocycles. The van der Waals surface area contributed by atoms with Crippen molar-refractivity contribution in [3.63, 3.8) is 0 Å². The van der Waals surface area contributed by atoms with Crippen molar-refractivity contribution in [3.05, 3.63) is 58.1 Å². The van der Waals surface area contributed by atoms with Crippen molar-refractivity contribution in [2.45, 2.75) is 6.42 Å². The van der Waals surface area contributed by atoms with Gasteiger partial charge in [0, 0.05) is 17.3 Å². The molecule has 2 aromatic rings. The summed E-state index contributed by atoms with van der Waals surface area (Å²) in [6.45, 7) is 0.811. The predicted octanol–water partition coefficient (Wildman–Crippen LogP) is 4.23. The van der Waals surface area contributed by atoms with Gasteiger partial charge in [-0.2, -0.15) is 0 Å². The number of halogens is 2. The van der Waals surface area contributed by atoms with Gasteiger partial charge in [-0.3, -0.25) is 0 Å². The first-order valence-electron chi connectivity index (χ1n) is 5.68. The molecule has 0 aromatic heterocycles. The van der Waals surface area contributed by atoms with Gasteiger partial charge >= 0.3 is 0 Å². The fourth-order valence-corrected chi connectivity index (χ4v) is 2.05. The predicted molar refractivity (Wildman–Crippen MR) is 79.5 cm³/mol. The van der Waals surface area contributed by atoms with E-state index in [1.54, 1.807) is 6.07 Å². The van der Waals surface area contributed by atoms with Gasteiger partial charge in [0.05, 0.1) is 10.7 Å². The summed E-state index contributed by atoms with van der Waals surface area (Å²) in [5.41, 5.74) is 8.44. The van der Waals surface area contributed by atoms with Crippen LogP contribution in [0.15, 0.2) is 42.5 Å². The highest BCUT2D eigenvalue weighted by Crippen LogP contribution is 2.23. The molecule has 3 N–H and O–H groups in total. The van der Waals surface area contributed by atoms with Gasteiger partial charge in [0.1, 0.15) is 0 Å². The number of nitrogens with one attached hydrogen (secondary N) is 1. The second kappa shape index (κ2) is 5.98. The molecule has 0 saturated carbocycles. The summed E-state index contributed by atoms with van der Waals surface area (Å²) < 4.78 is 0. The van der Waals surface area contributed by atoms with Crippen LogP contribution in [-0.2, 0) is 6.42 Å². The Balaban J connectivity index is 1.90. The van der Waals surface area contributed by atoms with Crippen LogP contribution in [0.4, 0.5) is 11.4 Å². The van der Waals surface area contributed by atoms with Crippen molar-refractivity contribution >= 4 is 34.6 Å². The van der Waals surface area contributed by atoms with Gasteiger partial charge in [0.25, 0.3) is 0 Å². The molecule has 94 valence electrons. The number of anilines is 2. The summed E-state index contributed by atoms with van der Waals surface area (Å²) >= 11 is 11.9. The van der Waals surface area contributed by atoms with Crippen LogP contribution in [0.1, 0.15) is 5.56 Å². The Labute approximate surface area is 117 Å². The normalized spacial score (nSPS) is 10.3. The lowest BCUT2D eigenvalue weighted by molar-refractivity contribution is 1.02. The quantitative estimate of drug-likeness (QED) is 0.823. The monoisotopic (exact) mass is 280 g/mol. The second-order valence-electron chi connectivity index (χ2n) is 4.04. The number of nitrogen functional groups attached to an aromatic ring is 1. The van der Waals surface area contributed by atoms with E-state index in [2.05, 4.69) is 5.32 Å². The molecule has 18 heavy (non-hydrogen) atoms. The topological polar surface area (TPSA) is 38.0 Å². The molecule has 0 fully saturated rings. The minimum absolute atomic E-state index is 0.645. The molecule has 0 saturated heterocycles. The molecule has 0 unspecified atom stereocenters. The first kappa shape index (κ1) is 13.1. The molecule has 0 radical (unpaired) electrons. The van der Waals surface area contributed by atoms with Crippen molar-refractivity contribution in [3.8, 4) is 0 Å². The highest BCUT2D eigenvalue weighted by atomic mass is 35.5. The Hall–Kier alpha value is -1.38. The standard InChI is InChI=1S/C14H14Cl2N2/c15-11-3-1-10(2-4-11)7-8-18-14-6-5-12(17)9-13(14)16/h1-6,9,18H,7-8,17H2. The number of hydrogen-bond acceptors (Lipinski definition) is 2. The minimum Gasteiger partial charge on any atom is -0.399 e. The molecule has 0 aliphatic rings. The van der Waals surface area contributed by atoms with Crippen LogP contribution in [0.3, 0.4) is 0 Å². The van der Waals surface area contributed by atoms with E-state index in [1.165, 1.54) is 5.56 Å². The molecule has 0 amide bonds. The van der Waals surface area contributed by atoms with E-state index in [4.69, 9.17) is 28.9 Å². The largest absolute Gasteiger partial charge is 0.399 e.